The first-order chi connectivity index (χ1) is 17.6. The van der Waals surface area contributed by atoms with Crippen molar-refractivity contribution in [2.24, 2.45) is 40.4 Å². The number of aryl methyl sites for hydroxylation is 1. The highest BCUT2D eigenvalue weighted by atomic mass is 19.1. The molecule has 0 radical (unpaired) electrons. The minimum absolute atomic E-state index is 0.00216. The Hall–Kier alpha value is -1.86. The first-order valence-corrected chi connectivity index (χ1v) is 14.3. The summed E-state index contributed by atoms with van der Waals surface area (Å²) < 4.78 is 20.2. The van der Waals surface area contributed by atoms with E-state index in [4.69, 9.17) is 4.74 Å². The van der Waals surface area contributed by atoms with Gasteiger partial charge in [0.15, 0.2) is 11.6 Å². The molecule has 2 aromatic rings. The van der Waals surface area contributed by atoms with E-state index < -0.39 is 5.60 Å². The van der Waals surface area contributed by atoms with Crippen molar-refractivity contribution in [2.75, 3.05) is 13.7 Å². The van der Waals surface area contributed by atoms with Crippen LogP contribution in [0.2, 0.25) is 0 Å². The Labute approximate surface area is 219 Å². The fourth-order valence-electron chi connectivity index (χ4n) is 9.79. The molecule has 1 heterocycles. The Morgan fingerprint density at radius 1 is 1.11 bits per heavy atom. The molecule has 1 N–H and O–H groups in total. The largest absolute Gasteiger partial charge is 0.390 e. The maximum atomic E-state index is 14.4. The van der Waals surface area contributed by atoms with Gasteiger partial charge in [0.1, 0.15) is 17.6 Å². The number of Topliss-reactive ketones (excluding diaryl/α,β-unsaturated/α-hetero) is 1. The highest BCUT2D eigenvalue weighted by Gasteiger charge is 2.63. The molecule has 1 aromatic carbocycles. The van der Waals surface area contributed by atoms with Crippen molar-refractivity contribution in [1.82, 2.24) is 15.0 Å². The van der Waals surface area contributed by atoms with Gasteiger partial charge in [-0.25, -0.2) is 4.39 Å². The lowest BCUT2D eigenvalue weighted by Crippen LogP contribution is -2.58. The lowest BCUT2D eigenvalue weighted by atomic mass is 9.43. The summed E-state index contributed by atoms with van der Waals surface area (Å²) in [6, 6.07) is 3.28. The molecular formula is C30H42FN3O3. The number of rotatable bonds is 5. The van der Waals surface area contributed by atoms with E-state index in [0.717, 1.165) is 63.5 Å². The van der Waals surface area contributed by atoms with Gasteiger partial charge < -0.3 is 9.84 Å². The number of ketones is 1. The van der Waals surface area contributed by atoms with Gasteiger partial charge in [0.2, 0.25) is 0 Å². The second-order valence-electron chi connectivity index (χ2n) is 13.5. The standard InChI is InChI=1S/C30H42FN3O3/c1-18-13-24(31)27-25(14-18)32-34(33-27)16-26(35)23-8-7-21-20-6-5-19-15-28(2,36)11-12-30(19,17-37-4)22(20)9-10-29(21,23)3/h13-14,19-23,36H,5-12,15-17H2,1-4H3/t19-,20+,21+,22+,23-,28-,29+,30-/m1/s1. The number of fused-ring (bicyclic) bond motifs is 6. The summed E-state index contributed by atoms with van der Waals surface area (Å²) in [4.78, 5) is 15.1. The first-order valence-electron chi connectivity index (χ1n) is 14.3. The SMILES string of the molecule is COC[C@]12CC[C@@](C)(O)C[C@H]1CC[C@H]1[C@@H]3CC[C@H](C(=O)Cn4nc5cc(C)cc(F)c5n4)[C@@]3(C)CC[C@@H]12. The quantitative estimate of drug-likeness (QED) is 0.575. The molecule has 0 unspecified atom stereocenters. The zero-order chi connectivity index (χ0) is 26.2. The van der Waals surface area contributed by atoms with E-state index in [-0.39, 0.29) is 40.4 Å². The van der Waals surface area contributed by atoms with Crippen molar-refractivity contribution in [3.63, 3.8) is 0 Å². The lowest BCUT2D eigenvalue weighted by Gasteiger charge is -2.62. The van der Waals surface area contributed by atoms with Gasteiger partial charge in [0.05, 0.1) is 12.2 Å². The van der Waals surface area contributed by atoms with Gasteiger partial charge in [-0.05, 0) is 124 Å². The van der Waals surface area contributed by atoms with E-state index in [1.54, 1.807) is 0 Å². The van der Waals surface area contributed by atoms with Crippen LogP contribution >= 0.6 is 0 Å². The fraction of sp³-hybridized carbons (Fsp3) is 0.767. The minimum atomic E-state index is -0.560. The third-order valence-corrected chi connectivity index (χ3v) is 11.4. The molecule has 7 heteroatoms. The van der Waals surface area contributed by atoms with E-state index in [1.165, 1.54) is 17.3 Å². The van der Waals surface area contributed by atoms with Crippen LogP contribution in [-0.2, 0) is 16.1 Å². The molecule has 4 saturated carbocycles. The molecule has 4 aliphatic carbocycles. The molecule has 0 aliphatic heterocycles. The number of nitrogens with zero attached hydrogens (tertiary/aromatic N) is 3. The Bertz CT molecular complexity index is 1210. The van der Waals surface area contributed by atoms with Crippen molar-refractivity contribution in [2.45, 2.75) is 90.7 Å². The molecule has 0 bridgehead atoms. The fourth-order valence-corrected chi connectivity index (χ4v) is 9.79. The Balaban J connectivity index is 1.22. The van der Waals surface area contributed by atoms with Gasteiger partial charge in [-0.15, -0.1) is 5.10 Å². The van der Waals surface area contributed by atoms with Crippen LogP contribution < -0.4 is 0 Å². The van der Waals surface area contributed by atoms with Gasteiger partial charge in [0, 0.05) is 13.0 Å². The summed E-state index contributed by atoms with van der Waals surface area (Å²) in [7, 11) is 1.83. The van der Waals surface area contributed by atoms with E-state index in [2.05, 4.69) is 17.1 Å². The zero-order valence-electron chi connectivity index (χ0n) is 22.8. The van der Waals surface area contributed by atoms with E-state index >= 15 is 0 Å². The number of hydrogen-bond acceptors (Lipinski definition) is 5. The summed E-state index contributed by atoms with van der Waals surface area (Å²) in [6.07, 6.45) is 9.35. The van der Waals surface area contributed by atoms with E-state index in [1.807, 2.05) is 27.0 Å². The number of methoxy groups -OCH3 is 1. The van der Waals surface area contributed by atoms with E-state index in [0.29, 0.717) is 29.2 Å². The average Bonchev–Trinajstić information content (AvgIpc) is 3.39. The summed E-state index contributed by atoms with van der Waals surface area (Å²) in [5.41, 5.74) is 1.14. The lowest BCUT2D eigenvalue weighted by molar-refractivity contribution is -0.175. The van der Waals surface area contributed by atoms with Crippen molar-refractivity contribution >= 4 is 16.8 Å². The molecule has 1 aromatic heterocycles. The molecule has 6 nitrogen and oxygen atoms in total. The normalized spacial score (nSPS) is 41.3. The number of aromatic nitrogens is 3. The number of carbonyl (C=O) groups is 1. The van der Waals surface area contributed by atoms with Gasteiger partial charge in [0.25, 0.3) is 0 Å². The highest BCUT2D eigenvalue weighted by Crippen LogP contribution is 2.68. The smallest absolute Gasteiger partial charge is 0.159 e. The van der Waals surface area contributed by atoms with Crippen LogP contribution in [0.15, 0.2) is 12.1 Å². The van der Waals surface area contributed by atoms with Crippen LogP contribution in [-0.4, -0.2) is 45.2 Å². The molecule has 4 aliphatic rings. The van der Waals surface area contributed by atoms with Crippen molar-refractivity contribution in [3.8, 4) is 0 Å². The van der Waals surface area contributed by atoms with Crippen LogP contribution in [0.5, 0.6) is 0 Å². The van der Waals surface area contributed by atoms with Crippen LogP contribution in [0.4, 0.5) is 4.39 Å². The Morgan fingerprint density at radius 3 is 2.70 bits per heavy atom. The molecule has 4 fully saturated rings. The van der Waals surface area contributed by atoms with Crippen LogP contribution in [0.3, 0.4) is 0 Å². The zero-order valence-corrected chi connectivity index (χ0v) is 22.8. The molecule has 0 saturated heterocycles. The van der Waals surface area contributed by atoms with Gasteiger partial charge in [-0.3, -0.25) is 4.79 Å². The number of aliphatic hydroxyl groups is 1. The summed E-state index contributed by atoms with van der Waals surface area (Å²) in [5, 5.41) is 19.6. The maximum Gasteiger partial charge on any atom is 0.159 e. The van der Waals surface area contributed by atoms with Crippen LogP contribution in [0.25, 0.3) is 11.0 Å². The van der Waals surface area contributed by atoms with Crippen molar-refractivity contribution in [3.05, 3.63) is 23.5 Å². The van der Waals surface area contributed by atoms with E-state index in [9.17, 15) is 14.3 Å². The highest BCUT2D eigenvalue weighted by molar-refractivity contribution is 5.82. The summed E-state index contributed by atoms with van der Waals surface area (Å²) in [5.74, 6) is 2.10. The van der Waals surface area contributed by atoms with Crippen LogP contribution in [0, 0.1) is 53.2 Å². The predicted molar refractivity (Wildman–Crippen MR) is 139 cm³/mol. The van der Waals surface area contributed by atoms with Crippen molar-refractivity contribution in [1.29, 1.82) is 0 Å². The van der Waals surface area contributed by atoms with Gasteiger partial charge >= 0.3 is 0 Å². The number of benzene rings is 1. The monoisotopic (exact) mass is 511 g/mol. The number of carbonyl (C=O) groups excluding carboxylic acids is 1. The number of ether oxygens (including phenoxy) is 1. The predicted octanol–water partition coefficient (Wildman–Crippen LogP) is 5.48. The summed E-state index contributed by atoms with van der Waals surface area (Å²) in [6.45, 7) is 7.10. The third-order valence-electron chi connectivity index (χ3n) is 11.4. The Morgan fingerprint density at radius 2 is 1.92 bits per heavy atom. The molecule has 8 atom stereocenters. The number of hydrogen-bond donors (Lipinski definition) is 1. The Kier molecular flexibility index (Phi) is 6.07. The summed E-state index contributed by atoms with van der Waals surface area (Å²) >= 11 is 0. The first kappa shape index (κ1) is 25.4. The molecule has 37 heavy (non-hydrogen) atoms. The second kappa shape index (κ2) is 8.84. The molecule has 6 rings (SSSR count). The van der Waals surface area contributed by atoms with Gasteiger partial charge in [-0.2, -0.15) is 9.90 Å². The second-order valence-corrected chi connectivity index (χ2v) is 13.5. The topological polar surface area (TPSA) is 77.2 Å². The third kappa shape index (κ3) is 3.98. The van der Waals surface area contributed by atoms with Crippen molar-refractivity contribution < 1.29 is 19.0 Å². The number of halogens is 1. The molecular weight excluding hydrogens is 469 g/mol. The van der Waals surface area contributed by atoms with Crippen LogP contribution in [0.1, 0.15) is 77.2 Å². The van der Waals surface area contributed by atoms with Gasteiger partial charge in [-0.1, -0.05) is 6.92 Å². The molecule has 202 valence electrons. The average molecular weight is 512 g/mol. The molecule has 0 spiro atoms. The molecule has 0 amide bonds. The minimum Gasteiger partial charge on any atom is -0.390 e. The maximum absolute atomic E-state index is 14.4.